The van der Waals surface area contributed by atoms with E-state index in [1.165, 1.54) is 0 Å². The van der Waals surface area contributed by atoms with Gasteiger partial charge in [-0.15, -0.1) is 0 Å². The van der Waals surface area contributed by atoms with Crippen LogP contribution in [-0.4, -0.2) is 15.0 Å². The molecule has 0 fully saturated rings. The average molecular weight is 341 g/mol. The molecule has 3 rings (SSSR count). The van der Waals surface area contributed by atoms with Gasteiger partial charge in [-0.1, -0.05) is 23.4 Å². The van der Waals surface area contributed by atoms with Crippen LogP contribution in [0.3, 0.4) is 0 Å². The summed E-state index contributed by atoms with van der Waals surface area (Å²) in [7, 11) is 0. The zero-order valence-corrected chi connectivity index (χ0v) is 12.2. The fourth-order valence-electron chi connectivity index (χ4n) is 1.59. The average Bonchev–Trinajstić information content (AvgIpc) is 2.69. The highest BCUT2D eigenvalue weighted by atomic mass is 79.9. The first kappa shape index (κ1) is 12.0. The van der Waals surface area contributed by atoms with Gasteiger partial charge >= 0.3 is 0 Å². The third-order valence-electron chi connectivity index (χ3n) is 2.39. The fourth-order valence-corrected chi connectivity index (χ4v) is 3.22. The number of nitrogens with zero attached hydrogens (tertiary/aromatic N) is 2. The number of nitrogens with one attached hydrogen (secondary N) is 1. The topological polar surface area (TPSA) is 41.6 Å². The van der Waals surface area contributed by atoms with Gasteiger partial charge in [-0.3, -0.25) is 0 Å². The van der Waals surface area contributed by atoms with Gasteiger partial charge < -0.3 is 4.98 Å². The van der Waals surface area contributed by atoms with E-state index in [9.17, 15) is 0 Å². The standard InChI is InChI=1S/C12H7BrClN3S/c13-11-10(8-2-1-5-15-12(8)17-11)18-9-4-3-7(14)6-16-9/h1-6H,(H,15,17). The third-order valence-corrected chi connectivity index (χ3v) is 4.55. The number of fused-ring (bicyclic) bond motifs is 1. The van der Waals surface area contributed by atoms with E-state index in [0.717, 1.165) is 25.6 Å². The molecule has 0 atom stereocenters. The van der Waals surface area contributed by atoms with Gasteiger partial charge in [-0.2, -0.15) is 0 Å². The molecule has 0 aliphatic rings. The molecule has 90 valence electrons. The molecule has 0 unspecified atom stereocenters. The summed E-state index contributed by atoms with van der Waals surface area (Å²) >= 11 is 10.9. The van der Waals surface area contributed by atoms with Gasteiger partial charge in [0.15, 0.2) is 0 Å². The molecular weight excluding hydrogens is 334 g/mol. The molecule has 0 aromatic carbocycles. The fraction of sp³-hybridized carbons (Fsp3) is 0. The van der Waals surface area contributed by atoms with E-state index in [4.69, 9.17) is 11.6 Å². The molecule has 0 spiro atoms. The molecule has 0 amide bonds. The highest BCUT2D eigenvalue weighted by Crippen LogP contribution is 2.37. The quantitative estimate of drug-likeness (QED) is 0.745. The van der Waals surface area contributed by atoms with Gasteiger partial charge in [0.25, 0.3) is 0 Å². The first-order valence-electron chi connectivity index (χ1n) is 5.15. The van der Waals surface area contributed by atoms with Gasteiger partial charge in [0.05, 0.1) is 14.5 Å². The van der Waals surface area contributed by atoms with Crippen molar-refractivity contribution in [1.82, 2.24) is 15.0 Å². The number of hydrogen-bond donors (Lipinski definition) is 1. The first-order chi connectivity index (χ1) is 8.74. The van der Waals surface area contributed by atoms with Crippen molar-refractivity contribution in [1.29, 1.82) is 0 Å². The Balaban J connectivity index is 2.04. The van der Waals surface area contributed by atoms with Crippen molar-refractivity contribution in [3.8, 4) is 0 Å². The number of aromatic amines is 1. The van der Waals surface area contributed by atoms with E-state index in [2.05, 4.69) is 30.9 Å². The summed E-state index contributed by atoms with van der Waals surface area (Å²) < 4.78 is 0.915. The van der Waals surface area contributed by atoms with E-state index in [-0.39, 0.29) is 0 Å². The Bertz CT molecular complexity index is 696. The zero-order chi connectivity index (χ0) is 12.5. The Morgan fingerprint density at radius 2 is 2.11 bits per heavy atom. The number of rotatable bonds is 2. The Morgan fingerprint density at radius 1 is 1.22 bits per heavy atom. The number of hydrogen-bond acceptors (Lipinski definition) is 3. The number of halogens is 2. The SMILES string of the molecule is Clc1ccc(Sc2c(Br)[nH]c3ncccc23)nc1. The Morgan fingerprint density at radius 3 is 2.89 bits per heavy atom. The number of H-pyrrole nitrogens is 1. The van der Waals surface area contributed by atoms with Crippen molar-refractivity contribution in [2.75, 3.05) is 0 Å². The maximum atomic E-state index is 5.82. The lowest BCUT2D eigenvalue weighted by atomic mass is 10.3. The monoisotopic (exact) mass is 339 g/mol. The minimum absolute atomic E-state index is 0.638. The lowest BCUT2D eigenvalue weighted by molar-refractivity contribution is 1.13. The minimum Gasteiger partial charge on any atom is -0.333 e. The van der Waals surface area contributed by atoms with Crippen LogP contribution < -0.4 is 0 Å². The summed E-state index contributed by atoms with van der Waals surface area (Å²) in [5, 5.41) is 2.61. The van der Waals surface area contributed by atoms with Crippen molar-refractivity contribution >= 4 is 50.3 Å². The third kappa shape index (κ3) is 2.25. The predicted molar refractivity (Wildman–Crippen MR) is 77.2 cm³/mol. The van der Waals surface area contributed by atoms with Crippen molar-refractivity contribution < 1.29 is 0 Å². The smallest absolute Gasteiger partial charge is 0.139 e. The molecule has 3 aromatic rings. The molecule has 0 aliphatic heterocycles. The largest absolute Gasteiger partial charge is 0.333 e. The van der Waals surface area contributed by atoms with Crippen LogP contribution in [0.15, 0.2) is 51.2 Å². The van der Waals surface area contributed by atoms with Gasteiger partial charge in [0.2, 0.25) is 0 Å². The van der Waals surface area contributed by atoms with Gasteiger partial charge in [-0.25, -0.2) is 9.97 Å². The summed E-state index contributed by atoms with van der Waals surface area (Å²) in [4.78, 5) is 12.8. The van der Waals surface area contributed by atoms with Crippen LogP contribution in [0, 0.1) is 0 Å². The Kier molecular flexibility index (Phi) is 3.28. The molecule has 3 aromatic heterocycles. The van der Waals surface area contributed by atoms with Crippen molar-refractivity contribution in [2.45, 2.75) is 9.92 Å². The molecule has 6 heteroatoms. The summed E-state index contributed by atoms with van der Waals surface area (Å²) in [5.41, 5.74) is 0.862. The van der Waals surface area contributed by atoms with Crippen molar-refractivity contribution in [2.24, 2.45) is 0 Å². The minimum atomic E-state index is 0.638. The normalized spacial score (nSPS) is 11.0. The molecule has 0 aliphatic carbocycles. The van der Waals surface area contributed by atoms with Gasteiger partial charge in [0.1, 0.15) is 10.7 Å². The van der Waals surface area contributed by atoms with Crippen LogP contribution in [0.1, 0.15) is 0 Å². The summed E-state index contributed by atoms with van der Waals surface area (Å²) in [6.45, 7) is 0. The van der Waals surface area contributed by atoms with Crippen molar-refractivity contribution in [3.05, 3.63) is 46.3 Å². The molecule has 3 nitrogen and oxygen atoms in total. The summed E-state index contributed by atoms with van der Waals surface area (Å²) in [6.07, 6.45) is 3.41. The van der Waals surface area contributed by atoms with E-state index in [1.54, 1.807) is 24.2 Å². The molecule has 0 bridgehead atoms. The molecule has 0 radical (unpaired) electrons. The highest BCUT2D eigenvalue weighted by molar-refractivity contribution is 9.10. The number of aromatic nitrogens is 3. The second-order valence-electron chi connectivity index (χ2n) is 3.58. The van der Waals surface area contributed by atoms with Gasteiger partial charge in [-0.05, 0) is 40.2 Å². The van der Waals surface area contributed by atoms with Crippen molar-refractivity contribution in [3.63, 3.8) is 0 Å². The summed E-state index contributed by atoms with van der Waals surface area (Å²) in [5.74, 6) is 0. The van der Waals surface area contributed by atoms with Crippen LogP contribution >= 0.6 is 39.3 Å². The van der Waals surface area contributed by atoms with Crippen LogP contribution in [0.25, 0.3) is 11.0 Å². The predicted octanol–water partition coefficient (Wildman–Crippen LogP) is 4.53. The second kappa shape index (κ2) is 4.91. The number of pyridine rings is 2. The lowest BCUT2D eigenvalue weighted by Crippen LogP contribution is -1.79. The van der Waals surface area contributed by atoms with E-state index in [0.29, 0.717) is 5.02 Å². The van der Waals surface area contributed by atoms with Gasteiger partial charge in [0, 0.05) is 17.8 Å². The van der Waals surface area contributed by atoms with Crippen LogP contribution in [0.5, 0.6) is 0 Å². The molecular formula is C12H7BrClN3S. The maximum absolute atomic E-state index is 5.82. The van der Waals surface area contributed by atoms with Crippen LogP contribution in [0.4, 0.5) is 0 Å². The maximum Gasteiger partial charge on any atom is 0.139 e. The Labute approximate surface area is 121 Å². The molecule has 0 saturated carbocycles. The highest BCUT2D eigenvalue weighted by Gasteiger charge is 2.11. The van der Waals surface area contributed by atoms with Crippen LogP contribution in [0.2, 0.25) is 5.02 Å². The molecule has 1 N–H and O–H groups in total. The summed E-state index contributed by atoms with van der Waals surface area (Å²) in [6, 6.07) is 7.68. The first-order valence-corrected chi connectivity index (χ1v) is 7.14. The zero-order valence-electron chi connectivity index (χ0n) is 9.02. The van der Waals surface area contributed by atoms with E-state index < -0.39 is 0 Å². The Hall–Kier alpha value is -1.04. The van der Waals surface area contributed by atoms with Crippen LogP contribution in [-0.2, 0) is 0 Å². The molecule has 3 heterocycles. The van der Waals surface area contributed by atoms with E-state index >= 15 is 0 Å². The second-order valence-corrected chi connectivity index (χ2v) is 5.84. The van der Waals surface area contributed by atoms with E-state index in [1.807, 2.05) is 24.3 Å². The lowest BCUT2D eigenvalue weighted by Gasteiger charge is -2.00. The molecule has 18 heavy (non-hydrogen) atoms. The molecule has 0 saturated heterocycles.